The van der Waals surface area contributed by atoms with E-state index in [1.165, 1.54) is 0 Å². The van der Waals surface area contributed by atoms with Crippen molar-refractivity contribution in [2.75, 3.05) is 0 Å². The molecule has 1 aromatic rings. The molecule has 0 N–H and O–H groups in total. The molecule has 0 aliphatic carbocycles. The van der Waals surface area contributed by atoms with Crippen LogP contribution >= 0.6 is 23.4 Å². The molecule has 1 unspecified atom stereocenters. The van der Waals surface area contributed by atoms with Crippen molar-refractivity contribution in [3.8, 4) is 0 Å². The smallest absolute Gasteiger partial charge is 0.181 e. The average Bonchev–Trinajstić information content (AvgIpc) is 2.18. The third kappa shape index (κ3) is 3.53. The van der Waals surface area contributed by atoms with Crippen molar-refractivity contribution in [1.82, 2.24) is 0 Å². The topological polar surface area (TPSA) is 17.1 Å². The number of alkyl halides is 1. The SMILES string of the molecule is Cc1ccc(SC(C)C)c(C(=O)C(C)Cl)c1. The van der Waals surface area contributed by atoms with Crippen molar-refractivity contribution in [3.63, 3.8) is 0 Å². The molecule has 1 nitrogen and oxygen atoms in total. The molecule has 1 atom stereocenters. The number of benzene rings is 1. The van der Waals surface area contributed by atoms with Crippen LogP contribution in [-0.4, -0.2) is 16.4 Å². The van der Waals surface area contributed by atoms with Crippen LogP contribution in [0.3, 0.4) is 0 Å². The Hall–Kier alpha value is -0.470. The van der Waals surface area contributed by atoms with Crippen molar-refractivity contribution in [1.29, 1.82) is 0 Å². The van der Waals surface area contributed by atoms with Crippen molar-refractivity contribution in [2.24, 2.45) is 0 Å². The van der Waals surface area contributed by atoms with Crippen molar-refractivity contribution >= 4 is 29.1 Å². The summed E-state index contributed by atoms with van der Waals surface area (Å²) >= 11 is 7.56. The summed E-state index contributed by atoms with van der Waals surface area (Å²) in [7, 11) is 0. The Kier molecular flexibility index (Phi) is 4.88. The third-order valence-electron chi connectivity index (χ3n) is 2.12. The van der Waals surface area contributed by atoms with Crippen LogP contribution in [0.1, 0.15) is 36.7 Å². The maximum atomic E-state index is 12.0. The molecule has 0 fully saturated rings. The van der Waals surface area contributed by atoms with Gasteiger partial charge in [0.1, 0.15) is 0 Å². The molecule has 16 heavy (non-hydrogen) atoms. The second-order valence-electron chi connectivity index (χ2n) is 4.15. The first-order valence-electron chi connectivity index (χ1n) is 5.37. The first kappa shape index (κ1) is 13.6. The van der Waals surface area contributed by atoms with Gasteiger partial charge in [0.15, 0.2) is 5.78 Å². The number of aryl methyl sites for hydroxylation is 1. The molecule has 0 heterocycles. The second kappa shape index (κ2) is 5.74. The Bertz CT molecular complexity index is 386. The van der Waals surface area contributed by atoms with Crippen LogP contribution in [0, 0.1) is 6.92 Å². The van der Waals surface area contributed by atoms with Gasteiger partial charge in [-0.2, -0.15) is 0 Å². The summed E-state index contributed by atoms with van der Waals surface area (Å²) in [6.45, 7) is 7.93. The van der Waals surface area contributed by atoms with Gasteiger partial charge in [0.05, 0.1) is 5.38 Å². The fourth-order valence-electron chi connectivity index (χ4n) is 1.41. The molecule has 0 bridgehead atoms. The Labute approximate surface area is 107 Å². The highest BCUT2D eigenvalue weighted by atomic mass is 35.5. The zero-order valence-corrected chi connectivity index (χ0v) is 11.7. The molecule has 1 aromatic carbocycles. The molecule has 0 saturated carbocycles. The molecular formula is C13H17ClOS. The van der Waals surface area contributed by atoms with Gasteiger partial charge >= 0.3 is 0 Å². The molecule has 1 rings (SSSR count). The van der Waals surface area contributed by atoms with Crippen LogP contribution in [0.4, 0.5) is 0 Å². The van der Waals surface area contributed by atoms with Crippen LogP contribution in [0.25, 0.3) is 0 Å². The van der Waals surface area contributed by atoms with Gasteiger partial charge < -0.3 is 0 Å². The molecule has 0 radical (unpaired) electrons. The van der Waals surface area contributed by atoms with Crippen molar-refractivity contribution in [3.05, 3.63) is 29.3 Å². The largest absolute Gasteiger partial charge is 0.292 e. The second-order valence-corrected chi connectivity index (χ2v) is 6.42. The van der Waals surface area contributed by atoms with E-state index in [0.717, 1.165) is 16.0 Å². The fraction of sp³-hybridized carbons (Fsp3) is 0.462. The number of hydrogen-bond donors (Lipinski definition) is 0. The number of thioether (sulfide) groups is 1. The van der Waals surface area contributed by atoms with Gasteiger partial charge in [-0.25, -0.2) is 0 Å². The fourth-order valence-corrected chi connectivity index (χ4v) is 2.47. The Morgan fingerprint density at radius 2 is 1.94 bits per heavy atom. The van der Waals surface area contributed by atoms with Crippen LogP contribution in [0.5, 0.6) is 0 Å². The molecule has 3 heteroatoms. The number of carbonyl (C=O) groups is 1. The first-order valence-corrected chi connectivity index (χ1v) is 6.69. The number of Topliss-reactive ketones (excluding diaryl/α,β-unsaturated/α-hetero) is 1. The number of rotatable bonds is 4. The van der Waals surface area contributed by atoms with E-state index < -0.39 is 5.38 Å². The average molecular weight is 257 g/mol. The third-order valence-corrected chi connectivity index (χ3v) is 3.40. The highest BCUT2D eigenvalue weighted by molar-refractivity contribution is 8.00. The molecule has 0 spiro atoms. The predicted octanol–water partition coefficient (Wildman–Crippen LogP) is 4.31. The summed E-state index contributed by atoms with van der Waals surface area (Å²) in [6.07, 6.45) is 0. The summed E-state index contributed by atoms with van der Waals surface area (Å²) in [5.41, 5.74) is 1.84. The zero-order chi connectivity index (χ0) is 12.3. The lowest BCUT2D eigenvalue weighted by Crippen LogP contribution is -2.12. The van der Waals surface area contributed by atoms with Crippen LogP contribution in [0.2, 0.25) is 0 Å². The number of halogens is 1. The maximum Gasteiger partial charge on any atom is 0.181 e. The number of hydrogen-bond acceptors (Lipinski definition) is 2. The Morgan fingerprint density at radius 3 is 2.44 bits per heavy atom. The zero-order valence-electron chi connectivity index (χ0n) is 10.1. The van der Waals surface area contributed by atoms with E-state index in [2.05, 4.69) is 13.8 Å². The van der Waals surface area contributed by atoms with Crippen LogP contribution < -0.4 is 0 Å². The minimum Gasteiger partial charge on any atom is -0.292 e. The van der Waals surface area contributed by atoms with Gasteiger partial charge in [-0.3, -0.25) is 4.79 Å². The van der Waals surface area contributed by atoms with Gasteiger partial charge in [-0.1, -0.05) is 25.5 Å². The van der Waals surface area contributed by atoms with E-state index in [9.17, 15) is 4.79 Å². The predicted molar refractivity (Wildman–Crippen MR) is 71.8 cm³/mol. The molecular weight excluding hydrogens is 240 g/mol. The maximum absolute atomic E-state index is 12.0. The standard InChI is InChI=1S/C13H17ClOS/c1-8(2)16-12-6-5-9(3)7-11(12)13(15)10(4)14/h5-8,10H,1-4H3. The quantitative estimate of drug-likeness (QED) is 0.454. The minimum absolute atomic E-state index is 0.00789. The van der Waals surface area contributed by atoms with Gasteiger partial charge in [0.2, 0.25) is 0 Å². The molecule has 0 aliphatic heterocycles. The lowest BCUT2D eigenvalue weighted by molar-refractivity contribution is 0.0989. The summed E-state index contributed by atoms with van der Waals surface area (Å²) in [4.78, 5) is 13.0. The van der Waals surface area contributed by atoms with E-state index >= 15 is 0 Å². The number of ketones is 1. The normalized spacial score (nSPS) is 12.9. The van der Waals surface area contributed by atoms with E-state index in [-0.39, 0.29) is 5.78 Å². The van der Waals surface area contributed by atoms with Crippen molar-refractivity contribution < 1.29 is 4.79 Å². The van der Waals surface area contributed by atoms with Crippen molar-refractivity contribution in [2.45, 2.75) is 43.2 Å². The van der Waals surface area contributed by atoms with E-state index in [1.54, 1.807) is 18.7 Å². The van der Waals surface area contributed by atoms with Crippen LogP contribution in [-0.2, 0) is 0 Å². The number of carbonyl (C=O) groups excluding carboxylic acids is 1. The van der Waals surface area contributed by atoms with Crippen LogP contribution in [0.15, 0.2) is 23.1 Å². The summed E-state index contributed by atoms with van der Waals surface area (Å²) in [5, 5.41) is -0.00630. The first-order chi connectivity index (χ1) is 7.41. The summed E-state index contributed by atoms with van der Waals surface area (Å²) in [6, 6.07) is 5.96. The highest BCUT2D eigenvalue weighted by Crippen LogP contribution is 2.28. The molecule has 0 aliphatic rings. The van der Waals surface area contributed by atoms with E-state index in [1.807, 2.05) is 25.1 Å². The summed E-state index contributed by atoms with van der Waals surface area (Å²) in [5.74, 6) is 0.00789. The highest BCUT2D eigenvalue weighted by Gasteiger charge is 2.17. The summed E-state index contributed by atoms with van der Waals surface area (Å²) < 4.78 is 0. The van der Waals surface area contributed by atoms with Gasteiger partial charge in [0.25, 0.3) is 0 Å². The molecule has 0 amide bonds. The lowest BCUT2D eigenvalue weighted by Gasteiger charge is -2.12. The molecule has 0 saturated heterocycles. The Balaban J connectivity index is 3.12. The van der Waals surface area contributed by atoms with Gasteiger partial charge in [-0.15, -0.1) is 23.4 Å². The lowest BCUT2D eigenvalue weighted by atomic mass is 10.1. The molecule has 0 aromatic heterocycles. The van der Waals surface area contributed by atoms with E-state index in [4.69, 9.17) is 11.6 Å². The Morgan fingerprint density at radius 1 is 1.31 bits per heavy atom. The minimum atomic E-state index is -0.465. The van der Waals surface area contributed by atoms with Gasteiger partial charge in [-0.05, 0) is 26.0 Å². The monoisotopic (exact) mass is 256 g/mol. The molecule has 88 valence electrons. The van der Waals surface area contributed by atoms with Gasteiger partial charge in [0, 0.05) is 15.7 Å². The van der Waals surface area contributed by atoms with E-state index in [0.29, 0.717) is 5.25 Å².